The van der Waals surface area contributed by atoms with Gasteiger partial charge in [-0.25, -0.2) is 0 Å². The monoisotopic (exact) mass is 588 g/mol. The standard InChI is InChI=1S/C27H40O2S6/c30-13-17-34-21-19-32-15-5-11-28-26-9-3-1-7-24(26)23-25-8-2-4-10-27(25)29-12-6-16-33-20-22-35-18-14-31/h1-4,7-10,30-31H,5-6,11-23H2. The van der Waals surface area contributed by atoms with Gasteiger partial charge in [0.2, 0.25) is 0 Å². The molecule has 0 saturated heterocycles. The maximum atomic E-state index is 6.18. The number of hydrogen-bond acceptors (Lipinski definition) is 8. The fourth-order valence-electron chi connectivity index (χ4n) is 3.25. The summed E-state index contributed by atoms with van der Waals surface area (Å²) in [6, 6.07) is 16.8. The topological polar surface area (TPSA) is 18.5 Å². The lowest BCUT2D eigenvalue weighted by molar-refractivity contribution is 0.312. The highest BCUT2D eigenvalue weighted by Crippen LogP contribution is 2.27. The third kappa shape index (κ3) is 15.2. The molecule has 8 heteroatoms. The summed E-state index contributed by atoms with van der Waals surface area (Å²) in [4.78, 5) is 0. The minimum Gasteiger partial charge on any atom is -0.493 e. The minimum absolute atomic E-state index is 0.761. The van der Waals surface area contributed by atoms with Gasteiger partial charge in [-0.1, -0.05) is 36.4 Å². The molecule has 2 aromatic carbocycles. The predicted octanol–water partition coefficient (Wildman–Crippen LogP) is 7.61. The quantitative estimate of drug-likeness (QED) is 0.108. The summed E-state index contributed by atoms with van der Waals surface area (Å²) >= 11 is 16.5. The van der Waals surface area contributed by atoms with E-state index in [1.165, 1.54) is 34.1 Å². The number of benzene rings is 2. The average molecular weight is 589 g/mol. The second kappa shape index (κ2) is 22.2. The number of thioether (sulfide) groups is 4. The van der Waals surface area contributed by atoms with Crippen molar-refractivity contribution in [3.05, 3.63) is 59.7 Å². The summed E-state index contributed by atoms with van der Waals surface area (Å²) in [6.07, 6.45) is 2.96. The largest absolute Gasteiger partial charge is 0.493 e. The molecular weight excluding hydrogens is 549 g/mol. The zero-order valence-corrected chi connectivity index (χ0v) is 25.6. The highest BCUT2D eigenvalue weighted by atomic mass is 32.2. The number of thiol groups is 2. The molecular formula is C27H40O2S6. The molecule has 35 heavy (non-hydrogen) atoms. The molecule has 0 aromatic heterocycles. The van der Waals surface area contributed by atoms with Gasteiger partial charge >= 0.3 is 0 Å². The van der Waals surface area contributed by atoms with Gasteiger partial charge in [0.1, 0.15) is 11.5 Å². The Kier molecular flexibility index (Phi) is 19.8. The van der Waals surface area contributed by atoms with Gasteiger partial charge in [0.15, 0.2) is 0 Å². The van der Waals surface area contributed by atoms with Gasteiger partial charge in [-0.3, -0.25) is 0 Å². The van der Waals surface area contributed by atoms with E-state index in [1.54, 1.807) is 0 Å². The maximum Gasteiger partial charge on any atom is 0.122 e. The molecule has 0 unspecified atom stereocenters. The highest BCUT2D eigenvalue weighted by molar-refractivity contribution is 8.03. The van der Waals surface area contributed by atoms with E-state index < -0.39 is 0 Å². The van der Waals surface area contributed by atoms with Gasteiger partial charge < -0.3 is 9.47 Å². The molecule has 0 N–H and O–H groups in total. The molecule has 0 aliphatic rings. The molecule has 0 aliphatic carbocycles. The van der Waals surface area contributed by atoms with Gasteiger partial charge in [-0.2, -0.15) is 72.3 Å². The number of ether oxygens (including phenoxy) is 2. The second-order valence-corrected chi connectivity index (χ2v) is 13.5. The van der Waals surface area contributed by atoms with Crippen LogP contribution in [0.3, 0.4) is 0 Å². The number of rotatable bonds is 22. The van der Waals surface area contributed by atoms with E-state index in [0.29, 0.717) is 0 Å². The molecule has 0 amide bonds. The Bertz CT molecular complexity index is 713. The van der Waals surface area contributed by atoms with Crippen molar-refractivity contribution in [2.75, 3.05) is 70.7 Å². The van der Waals surface area contributed by atoms with Gasteiger partial charge in [0.05, 0.1) is 13.2 Å². The van der Waals surface area contributed by atoms with E-state index in [9.17, 15) is 0 Å². The Morgan fingerprint density at radius 1 is 0.514 bits per heavy atom. The smallest absolute Gasteiger partial charge is 0.122 e. The molecule has 196 valence electrons. The first-order valence-corrected chi connectivity index (χ1v) is 18.2. The van der Waals surface area contributed by atoms with Gasteiger partial charge in [0.25, 0.3) is 0 Å². The van der Waals surface area contributed by atoms with E-state index in [-0.39, 0.29) is 0 Å². The normalized spacial score (nSPS) is 11.0. The Labute approximate surface area is 241 Å². The zero-order chi connectivity index (χ0) is 24.8. The molecule has 0 saturated carbocycles. The van der Waals surface area contributed by atoms with Crippen LogP contribution in [0.25, 0.3) is 0 Å². The lowest BCUT2D eigenvalue weighted by Gasteiger charge is -2.14. The summed E-state index contributed by atoms with van der Waals surface area (Å²) < 4.78 is 12.4. The Morgan fingerprint density at radius 2 is 0.914 bits per heavy atom. The van der Waals surface area contributed by atoms with Crippen LogP contribution in [0.1, 0.15) is 24.0 Å². The number of hydrogen-bond donors (Lipinski definition) is 2. The Morgan fingerprint density at radius 3 is 1.34 bits per heavy atom. The summed E-state index contributed by atoms with van der Waals surface area (Å²) in [5.74, 6) is 13.3. The molecule has 0 bridgehead atoms. The Hall–Kier alpha value is 0.140. The van der Waals surface area contributed by atoms with Crippen molar-refractivity contribution >= 4 is 72.3 Å². The minimum atomic E-state index is 0.761. The van der Waals surface area contributed by atoms with E-state index in [1.807, 2.05) is 47.0 Å². The van der Waals surface area contributed by atoms with Crippen LogP contribution in [0.15, 0.2) is 48.5 Å². The number of para-hydroxylation sites is 2. The van der Waals surface area contributed by atoms with Gasteiger partial charge in [0, 0.05) is 40.9 Å². The van der Waals surface area contributed by atoms with E-state index >= 15 is 0 Å². The zero-order valence-electron chi connectivity index (χ0n) is 20.6. The van der Waals surface area contributed by atoms with Crippen molar-refractivity contribution in [3.63, 3.8) is 0 Å². The fourth-order valence-corrected chi connectivity index (χ4v) is 7.62. The molecule has 2 aromatic rings. The summed E-state index contributed by atoms with van der Waals surface area (Å²) in [5, 5.41) is 0. The van der Waals surface area contributed by atoms with Crippen LogP contribution in [0, 0.1) is 0 Å². The van der Waals surface area contributed by atoms with Crippen LogP contribution in [0.5, 0.6) is 11.5 Å². The summed E-state index contributed by atoms with van der Waals surface area (Å²) in [5.41, 5.74) is 2.43. The van der Waals surface area contributed by atoms with Crippen LogP contribution in [0.2, 0.25) is 0 Å². The molecule has 0 heterocycles. The van der Waals surface area contributed by atoms with Crippen LogP contribution in [-0.4, -0.2) is 70.7 Å². The summed E-state index contributed by atoms with van der Waals surface area (Å²) in [7, 11) is 0. The first kappa shape index (κ1) is 31.4. The van der Waals surface area contributed by atoms with Crippen molar-refractivity contribution < 1.29 is 9.47 Å². The van der Waals surface area contributed by atoms with Gasteiger partial charge in [-0.05, 0) is 59.1 Å². The van der Waals surface area contributed by atoms with Crippen LogP contribution in [0.4, 0.5) is 0 Å². The highest BCUT2D eigenvalue weighted by Gasteiger charge is 2.09. The van der Waals surface area contributed by atoms with Crippen molar-refractivity contribution in [1.29, 1.82) is 0 Å². The van der Waals surface area contributed by atoms with E-state index in [4.69, 9.17) is 9.47 Å². The Balaban J connectivity index is 1.71. The average Bonchev–Trinajstić information content (AvgIpc) is 2.88. The SMILES string of the molecule is SCCSCCSCCCOc1ccccc1Cc1ccccc1OCCCSCCSCCS. The van der Waals surface area contributed by atoms with Crippen molar-refractivity contribution in [2.45, 2.75) is 19.3 Å². The van der Waals surface area contributed by atoms with Crippen molar-refractivity contribution in [3.8, 4) is 11.5 Å². The molecule has 2 rings (SSSR count). The predicted molar refractivity (Wildman–Crippen MR) is 173 cm³/mol. The third-order valence-corrected chi connectivity index (χ3v) is 10.6. The third-order valence-electron chi connectivity index (χ3n) is 4.92. The first-order chi connectivity index (χ1) is 17.3. The lowest BCUT2D eigenvalue weighted by atomic mass is 10.0. The molecule has 0 aliphatic heterocycles. The molecule has 0 atom stereocenters. The lowest BCUT2D eigenvalue weighted by Crippen LogP contribution is -2.04. The van der Waals surface area contributed by atoms with Crippen LogP contribution in [-0.2, 0) is 6.42 Å². The maximum absolute atomic E-state index is 6.18. The van der Waals surface area contributed by atoms with E-state index in [0.717, 1.165) is 78.5 Å². The van der Waals surface area contributed by atoms with Gasteiger partial charge in [-0.15, -0.1) is 0 Å². The molecule has 0 radical (unpaired) electrons. The van der Waals surface area contributed by atoms with Crippen molar-refractivity contribution in [1.82, 2.24) is 0 Å². The molecule has 2 nitrogen and oxygen atoms in total. The van der Waals surface area contributed by atoms with Crippen LogP contribution >= 0.6 is 72.3 Å². The van der Waals surface area contributed by atoms with Crippen LogP contribution < -0.4 is 9.47 Å². The first-order valence-electron chi connectivity index (χ1n) is 12.3. The fraction of sp³-hybridized carbons (Fsp3) is 0.556. The molecule has 0 spiro atoms. The van der Waals surface area contributed by atoms with Crippen molar-refractivity contribution in [2.24, 2.45) is 0 Å². The summed E-state index contributed by atoms with van der Waals surface area (Å²) in [6.45, 7) is 1.52. The second-order valence-electron chi connectivity index (χ2n) is 7.69. The molecule has 0 fully saturated rings. The van der Waals surface area contributed by atoms with E-state index in [2.05, 4.69) is 73.8 Å².